The Morgan fingerprint density at radius 2 is 1.88 bits per heavy atom. The third kappa shape index (κ3) is 6.26. The van der Waals surface area contributed by atoms with E-state index in [4.69, 9.17) is 0 Å². The van der Waals surface area contributed by atoms with Gasteiger partial charge in [0.2, 0.25) is 0 Å². The maximum atomic E-state index is 12.9. The number of hydrogen-bond donors (Lipinski definition) is 1. The second-order valence-electron chi connectivity index (χ2n) is 7.58. The number of amides is 1. The predicted octanol–water partition coefficient (Wildman–Crippen LogP) is 1.48. The Morgan fingerprint density at radius 1 is 1.19 bits per heavy atom. The van der Waals surface area contributed by atoms with Crippen molar-refractivity contribution < 1.29 is 23.1 Å². The van der Waals surface area contributed by atoms with Crippen molar-refractivity contribution in [3.63, 3.8) is 0 Å². The summed E-state index contributed by atoms with van der Waals surface area (Å²) in [5, 5.41) is 11.0. The maximum Gasteiger partial charge on any atom is 0.294 e. The maximum absolute atomic E-state index is 12.9. The van der Waals surface area contributed by atoms with Crippen LogP contribution in [0, 0.1) is 17.0 Å². The third-order valence-electron chi connectivity index (χ3n) is 5.25. The van der Waals surface area contributed by atoms with Gasteiger partial charge < -0.3 is 9.40 Å². The first-order chi connectivity index (χ1) is 15.3. The van der Waals surface area contributed by atoms with Crippen LogP contribution in [0.3, 0.4) is 0 Å². The zero-order valence-corrected chi connectivity index (χ0v) is 18.7. The fourth-order valence-corrected chi connectivity index (χ4v) is 4.79. The van der Waals surface area contributed by atoms with Crippen LogP contribution in [0.5, 0.6) is 0 Å². The Labute approximate surface area is 186 Å². The first kappa shape index (κ1) is 23.7. The van der Waals surface area contributed by atoms with Crippen LogP contribution in [0.1, 0.15) is 41.3 Å². The van der Waals surface area contributed by atoms with E-state index in [0.717, 1.165) is 24.4 Å². The van der Waals surface area contributed by atoms with Crippen LogP contribution in [0.15, 0.2) is 30.3 Å². The van der Waals surface area contributed by atoms with Crippen molar-refractivity contribution in [1.29, 1.82) is 0 Å². The van der Waals surface area contributed by atoms with Crippen molar-refractivity contribution >= 4 is 15.7 Å². The summed E-state index contributed by atoms with van der Waals surface area (Å²) in [6, 6.07) is 9.58. The van der Waals surface area contributed by atoms with Gasteiger partial charge in [-0.2, -0.15) is 0 Å². The molecule has 1 aliphatic heterocycles. The van der Waals surface area contributed by atoms with Crippen LogP contribution >= 0.6 is 0 Å². The summed E-state index contributed by atoms with van der Waals surface area (Å²) >= 11 is 0. The van der Waals surface area contributed by atoms with E-state index in [0.29, 0.717) is 18.5 Å². The van der Waals surface area contributed by atoms with Gasteiger partial charge in [-0.25, -0.2) is 18.4 Å². The minimum absolute atomic E-state index is 0.0100. The van der Waals surface area contributed by atoms with Crippen LogP contribution in [0.25, 0.3) is 5.69 Å². The molecule has 1 aromatic heterocycles. The Morgan fingerprint density at radius 3 is 2.53 bits per heavy atom. The van der Waals surface area contributed by atoms with E-state index in [9.17, 15) is 23.3 Å². The first-order valence-corrected chi connectivity index (χ1v) is 12.3. The van der Waals surface area contributed by atoms with Crippen LogP contribution in [0.4, 0.5) is 0 Å². The number of hydrogen-bond acceptors (Lipinski definition) is 8. The van der Waals surface area contributed by atoms with E-state index in [-0.39, 0.29) is 42.8 Å². The van der Waals surface area contributed by atoms with Crippen LogP contribution in [-0.4, -0.2) is 65.2 Å². The van der Waals surface area contributed by atoms with E-state index in [1.165, 1.54) is 0 Å². The molecular weight excluding hydrogens is 438 g/mol. The average Bonchev–Trinajstić information content (AvgIpc) is 3.08. The lowest BCUT2D eigenvalue weighted by Gasteiger charge is -2.26. The highest BCUT2D eigenvalue weighted by atomic mass is 32.2. The third-order valence-corrected chi connectivity index (χ3v) is 6.86. The van der Waals surface area contributed by atoms with Crippen LogP contribution < -0.4 is 5.43 Å². The summed E-state index contributed by atoms with van der Waals surface area (Å²) in [6.45, 7) is 2.36. The van der Waals surface area contributed by atoms with Gasteiger partial charge in [0.1, 0.15) is 5.82 Å². The Bertz CT molecular complexity index is 1040. The molecule has 12 heteroatoms. The monoisotopic (exact) mass is 465 g/mol. The number of nitrogens with one attached hydrogen (secondary N) is 1. The number of nitrogens with zero attached hydrogens (tertiary/aromatic N) is 4. The van der Waals surface area contributed by atoms with E-state index < -0.39 is 14.9 Å². The standard InChI is InChI=1S/C20H27N5O6S/c1-16-19(20(26)22-23-11-14-32(29,30)15-12-23)21-18(10-6-3-7-13-31-25(27)28)24(16)17-8-4-2-5-9-17/h2,4-5,8-9H,3,6-7,10-15H2,1H3,(H,22,26). The molecule has 1 amide bonds. The Hall–Kier alpha value is -2.99. The molecule has 11 nitrogen and oxygen atoms in total. The number of aromatic nitrogens is 2. The number of imidazole rings is 1. The first-order valence-electron chi connectivity index (χ1n) is 10.4. The molecule has 0 unspecified atom stereocenters. The lowest BCUT2D eigenvalue weighted by atomic mass is 10.2. The molecule has 0 bridgehead atoms. The fraction of sp³-hybridized carbons (Fsp3) is 0.500. The Kier molecular flexibility index (Phi) is 7.80. The largest absolute Gasteiger partial charge is 0.314 e. The van der Waals surface area contributed by atoms with Gasteiger partial charge in [0.15, 0.2) is 15.5 Å². The molecule has 1 aromatic carbocycles. The van der Waals surface area contributed by atoms with Crippen molar-refractivity contribution in [3.05, 3.63) is 57.7 Å². The second kappa shape index (κ2) is 10.6. The van der Waals surface area contributed by atoms with Gasteiger partial charge in [-0.3, -0.25) is 10.2 Å². The van der Waals surface area contributed by atoms with Gasteiger partial charge >= 0.3 is 0 Å². The second-order valence-corrected chi connectivity index (χ2v) is 9.88. The normalized spacial score (nSPS) is 15.9. The smallest absolute Gasteiger partial charge is 0.294 e. The van der Waals surface area contributed by atoms with Crippen molar-refractivity contribution in [2.45, 2.75) is 32.6 Å². The molecule has 1 N–H and O–H groups in total. The quantitative estimate of drug-likeness (QED) is 0.316. The number of benzene rings is 1. The molecule has 32 heavy (non-hydrogen) atoms. The van der Waals surface area contributed by atoms with E-state index in [2.05, 4.69) is 15.2 Å². The summed E-state index contributed by atoms with van der Waals surface area (Å²) in [4.78, 5) is 32.1. The molecule has 2 heterocycles. The highest BCUT2D eigenvalue weighted by molar-refractivity contribution is 7.91. The summed E-state index contributed by atoms with van der Waals surface area (Å²) < 4.78 is 25.2. The van der Waals surface area contributed by atoms with Gasteiger partial charge in [-0.05, 0) is 31.9 Å². The molecule has 0 saturated carbocycles. The summed E-state index contributed by atoms with van der Waals surface area (Å²) in [5.41, 5.74) is 4.63. The summed E-state index contributed by atoms with van der Waals surface area (Å²) in [5.74, 6) is 0.360. The molecule has 1 saturated heterocycles. The highest BCUT2D eigenvalue weighted by Gasteiger charge is 2.26. The Balaban J connectivity index is 1.72. The number of rotatable bonds is 10. The molecule has 0 atom stereocenters. The zero-order chi connectivity index (χ0) is 23.1. The number of aryl methyl sites for hydroxylation is 1. The number of unbranched alkanes of at least 4 members (excludes halogenated alkanes) is 2. The molecular formula is C20H27N5O6S. The number of para-hydroxylation sites is 1. The van der Waals surface area contributed by atoms with Crippen LogP contribution in [0.2, 0.25) is 0 Å². The van der Waals surface area contributed by atoms with Gasteiger partial charge in [-0.1, -0.05) is 24.6 Å². The number of hydrazine groups is 1. The van der Waals surface area contributed by atoms with Gasteiger partial charge in [-0.15, -0.1) is 10.1 Å². The summed E-state index contributed by atoms with van der Waals surface area (Å²) in [7, 11) is -3.04. The minimum Gasteiger partial charge on any atom is -0.314 e. The lowest BCUT2D eigenvalue weighted by Crippen LogP contribution is -2.50. The van der Waals surface area contributed by atoms with E-state index in [1.54, 1.807) is 5.01 Å². The summed E-state index contributed by atoms with van der Waals surface area (Å²) in [6.07, 6.45) is 2.59. The molecule has 1 aliphatic rings. The van der Waals surface area contributed by atoms with Gasteiger partial charge in [0.05, 0.1) is 23.8 Å². The molecule has 0 aliphatic carbocycles. The fourth-order valence-electron chi connectivity index (χ4n) is 3.58. The molecule has 0 radical (unpaired) electrons. The van der Waals surface area contributed by atoms with Crippen molar-refractivity contribution in [3.8, 4) is 5.69 Å². The zero-order valence-electron chi connectivity index (χ0n) is 17.9. The predicted molar refractivity (Wildman–Crippen MR) is 116 cm³/mol. The lowest BCUT2D eigenvalue weighted by molar-refractivity contribution is -0.757. The van der Waals surface area contributed by atoms with Crippen molar-refractivity contribution in [2.24, 2.45) is 0 Å². The van der Waals surface area contributed by atoms with Crippen molar-refractivity contribution in [1.82, 2.24) is 20.0 Å². The topological polar surface area (TPSA) is 137 Å². The molecule has 0 spiro atoms. The molecule has 1 fully saturated rings. The average molecular weight is 466 g/mol. The molecule has 174 valence electrons. The number of sulfone groups is 1. The van der Waals surface area contributed by atoms with Gasteiger partial charge in [0.25, 0.3) is 11.0 Å². The number of carbonyl (C=O) groups is 1. The molecule has 2 aromatic rings. The highest BCUT2D eigenvalue weighted by Crippen LogP contribution is 2.20. The minimum atomic E-state index is -3.04. The van der Waals surface area contributed by atoms with Crippen molar-refractivity contribution in [2.75, 3.05) is 31.2 Å². The van der Waals surface area contributed by atoms with Crippen LogP contribution in [-0.2, 0) is 21.1 Å². The van der Waals surface area contributed by atoms with E-state index in [1.807, 2.05) is 41.8 Å². The molecule has 3 rings (SSSR count). The van der Waals surface area contributed by atoms with E-state index >= 15 is 0 Å². The van der Waals surface area contributed by atoms with Gasteiger partial charge in [0, 0.05) is 25.2 Å². The number of carbonyl (C=O) groups excluding carboxylic acids is 1. The SMILES string of the molecule is Cc1c(C(=O)NN2CCS(=O)(=O)CC2)nc(CCCCCO[N+](=O)[O-])n1-c1ccccc1.